The average Bonchev–Trinajstić information content (AvgIpc) is 3.78. The number of hydrogen-bond donors (Lipinski definition) is 12. The van der Waals surface area contributed by atoms with Crippen LogP contribution >= 0.6 is 0 Å². The number of fused-ring (bicyclic) bond motifs is 7. The highest BCUT2D eigenvalue weighted by Gasteiger charge is 2.38. The zero-order chi connectivity index (χ0) is 44.5. The van der Waals surface area contributed by atoms with Gasteiger partial charge in [0.2, 0.25) is 34.5 Å². The molecule has 0 atom stereocenters. The highest BCUT2D eigenvalue weighted by Crippen LogP contribution is 2.61. The van der Waals surface area contributed by atoms with Gasteiger partial charge in [0.15, 0.2) is 34.5 Å². The number of benzene rings is 8. The fourth-order valence-corrected chi connectivity index (χ4v) is 9.00. The van der Waals surface area contributed by atoms with Gasteiger partial charge in [0.1, 0.15) is 16.9 Å². The molecule has 0 saturated heterocycles. The van der Waals surface area contributed by atoms with Crippen molar-refractivity contribution in [1.82, 2.24) is 0 Å². The molecular weight excluding hydrogens is 811 g/mol. The van der Waals surface area contributed by atoms with Crippen molar-refractivity contribution in [3.05, 3.63) is 114 Å². The van der Waals surface area contributed by atoms with Crippen molar-refractivity contribution < 1.29 is 65.7 Å². The van der Waals surface area contributed by atoms with Crippen LogP contribution in [0.5, 0.6) is 69.0 Å². The Morgan fingerprint density at radius 3 is 1.59 bits per heavy atom. The lowest BCUT2D eigenvalue weighted by molar-refractivity contribution is 0.329. The van der Waals surface area contributed by atoms with Crippen molar-refractivity contribution in [3.63, 3.8) is 0 Å². The molecule has 1 aromatic heterocycles. The first-order valence-corrected chi connectivity index (χ1v) is 19.4. The summed E-state index contributed by atoms with van der Waals surface area (Å²) in [6, 6.07) is 30.9. The molecule has 0 spiro atoms. The zero-order valence-electron chi connectivity index (χ0n) is 33.0. The number of hydrogen-bond acceptors (Lipinski definition) is 14. The predicted octanol–water partition coefficient (Wildman–Crippen LogP) is 10.3. The Labute approximate surface area is 355 Å². The molecule has 9 aromatic rings. The summed E-state index contributed by atoms with van der Waals surface area (Å²) in [7, 11) is 0. The maximum Gasteiger partial charge on any atom is 0.208 e. The summed E-state index contributed by atoms with van der Waals surface area (Å²) in [6.45, 7) is 4.10. The van der Waals surface area contributed by atoms with Gasteiger partial charge in [0, 0.05) is 44.1 Å². The molecule has 0 radical (unpaired) electrons. The maximum atomic E-state index is 11.3. The van der Waals surface area contributed by atoms with Crippen molar-refractivity contribution >= 4 is 49.8 Å². The van der Waals surface area contributed by atoms with Gasteiger partial charge in [0.25, 0.3) is 0 Å². The van der Waals surface area contributed by atoms with E-state index >= 15 is 0 Å². The second-order valence-electron chi connectivity index (χ2n) is 15.9. The summed E-state index contributed by atoms with van der Waals surface area (Å²) in [5, 5.41) is 130. The molecular formula is C49H35NO13. The van der Waals surface area contributed by atoms with Crippen molar-refractivity contribution in [2.24, 2.45) is 0 Å². The number of aromatic hydroxyl groups is 12. The van der Waals surface area contributed by atoms with E-state index < -0.39 is 90.9 Å². The van der Waals surface area contributed by atoms with E-state index in [-0.39, 0.29) is 16.8 Å². The molecule has 14 heteroatoms. The SMILES string of the molecule is CC1(C)c2cc(-c3cccc4c3oc3ccccc34)ccc2-c2ccc(N(c3ccc(-c4c(O)c(O)c(O)c5c(O)c(O)c(O)c(O)c45)cc3)c3c(O)c(O)c(O)c(O)c3O)cc21. The summed E-state index contributed by atoms with van der Waals surface area (Å²) in [5.74, 6) is -13.1. The summed E-state index contributed by atoms with van der Waals surface area (Å²) >= 11 is 0. The van der Waals surface area contributed by atoms with Crippen LogP contribution in [0.4, 0.5) is 17.1 Å². The first-order chi connectivity index (χ1) is 30.0. The van der Waals surface area contributed by atoms with Crippen molar-refractivity contribution in [3.8, 4) is 102 Å². The van der Waals surface area contributed by atoms with Gasteiger partial charge in [-0.15, -0.1) is 0 Å². The molecule has 0 fully saturated rings. The molecule has 63 heavy (non-hydrogen) atoms. The minimum atomic E-state index is -1.20. The van der Waals surface area contributed by atoms with Gasteiger partial charge in [-0.1, -0.05) is 80.6 Å². The molecule has 10 rings (SSSR count). The van der Waals surface area contributed by atoms with Crippen LogP contribution in [0, 0.1) is 0 Å². The standard InChI is InChI=1S/C49H35NO13/c1-49(2)29-18-21(24-7-5-8-28-27-6-3-4-9-31(27)63-48(24)28)12-16-25(29)26-17-15-23(19-30(26)49)50(35-40(55)45(60)47(62)46(61)41(35)56)22-13-10-20(11-14-22)32-33-34(38(53)42(57)36(32)51)39(54)44(59)43(58)37(33)52/h3-19,51-62H,1-2H3. The number of nitrogens with zero attached hydrogens (tertiary/aromatic N) is 1. The van der Waals surface area contributed by atoms with Crippen LogP contribution in [-0.2, 0) is 5.41 Å². The van der Waals surface area contributed by atoms with Gasteiger partial charge in [-0.3, -0.25) is 0 Å². The van der Waals surface area contributed by atoms with Crippen LogP contribution in [0.1, 0.15) is 25.0 Å². The van der Waals surface area contributed by atoms with Crippen LogP contribution in [0.25, 0.3) is 66.1 Å². The number of phenols is 12. The van der Waals surface area contributed by atoms with Crippen LogP contribution in [0.3, 0.4) is 0 Å². The lowest BCUT2D eigenvalue weighted by Crippen LogP contribution is -2.17. The lowest BCUT2D eigenvalue weighted by Gasteiger charge is -2.29. The third-order valence-electron chi connectivity index (χ3n) is 12.2. The lowest BCUT2D eigenvalue weighted by atomic mass is 9.81. The average molecular weight is 846 g/mol. The number of para-hydroxylation sites is 2. The van der Waals surface area contributed by atoms with Gasteiger partial charge in [-0.2, -0.15) is 0 Å². The third-order valence-corrected chi connectivity index (χ3v) is 12.2. The Kier molecular flexibility index (Phi) is 7.99. The maximum absolute atomic E-state index is 11.3. The smallest absolute Gasteiger partial charge is 0.208 e. The summed E-state index contributed by atoms with van der Waals surface area (Å²) in [4.78, 5) is 1.29. The Morgan fingerprint density at radius 1 is 0.413 bits per heavy atom. The Bertz CT molecular complexity index is 3430. The van der Waals surface area contributed by atoms with Gasteiger partial charge in [0.05, 0.1) is 5.39 Å². The molecule has 1 aliphatic carbocycles. The van der Waals surface area contributed by atoms with Gasteiger partial charge in [-0.25, -0.2) is 0 Å². The second kappa shape index (κ2) is 13.1. The molecule has 14 nitrogen and oxygen atoms in total. The van der Waals surface area contributed by atoms with Crippen LogP contribution in [0.15, 0.2) is 108 Å². The molecule has 1 heterocycles. The Morgan fingerprint density at radius 2 is 0.921 bits per heavy atom. The number of furan rings is 1. The highest BCUT2D eigenvalue weighted by molar-refractivity contribution is 6.13. The molecule has 0 bridgehead atoms. The fraction of sp³-hybridized carbons (Fsp3) is 0.0612. The molecule has 314 valence electrons. The van der Waals surface area contributed by atoms with E-state index in [9.17, 15) is 61.3 Å². The highest BCUT2D eigenvalue weighted by atomic mass is 16.4. The third kappa shape index (κ3) is 5.18. The largest absolute Gasteiger partial charge is 0.504 e. The van der Waals surface area contributed by atoms with Crippen LogP contribution < -0.4 is 4.90 Å². The number of anilines is 3. The molecule has 12 N–H and O–H groups in total. The van der Waals surface area contributed by atoms with Crippen LogP contribution in [0.2, 0.25) is 0 Å². The zero-order valence-corrected chi connectivity index (χ0v) is 33.0. The molecule has 0 unspecified atom stereocenters. The molecule has 8 aromatic carbocycles. The van der Waals surface area contributed by atoms with Crippen molar-refractivity contribution in [2.45, 2.75) is 19.3 Å². The molecule has 0 aliphatic heterocycles. The summed E-state index contributed by atoms with van der Waals surface area (Å²) in [6.07, 6.45) is 0. The van der Waals surface area contributed by atoms with E-state index in [1.165, 1.54) is 29.2 Å². The van der Waals surface area contributed by atoms with E-state index in [2.05, 4.69) is 6.07 Å². The summed E-state index contributed by atoms with van der Waals surface area (Å²) < 4.78 is 6.36. The quantitative estimate of drug-likeness (QED) is 0.0568. The predicted molar refractivity (Wildman–Crippen MR) is 234 cm³/mol. The van der Waals surface area contributed by atoms with Gasteiger partial charge < -0.3 is 70.6 Å². The number of rotatable bonds is 5. The Balaban J connectivity index is 1.13. The van der Waals surface area contributed by atoms with Crippen LogP contribution in [-0.4, -0.2) is 61.3 Å². The normalized spacial score (nSPS) is 12.9. The number of phenolic OH excluding ortho intramolecular Hbond substituents is 12. The monoisotopic (exact) mass is 845 g/mol. The van der Waals surface area contributed by atoms with E-state index in [4.69, 9.17) is 4.42 Å². The van der Waals surface area contributed by atoms with E-state index in [0.29, 0.717) is 5.69 Å². The minimum absolute atomic E-state index is 0.0146. The molecule has 1 aliphatic rings. The topological polar surface area (TPSA) is 259 Å². The first-order valence-electron chi connectivity index (χ1n) is 19.4. The minimum Gasteiger partial charge on any atom is -0.504 e. The Hall–Kier alpha value is -8.78. The first kappa shape index (κ1) is 38.4. The fourth-order valence-electron chi connectivity index (χ4n) is 9.00. The molecule has 0 amide bonds. The van der Waals surface area contributed by atoms with E-state index in [1.807, 2.05) is 80.6 Å². The van der Waals surface area contributed by atoms with Gasteiger partial charge in [-0.05, 0) is 69.8 Å². The second-order valence-corrected chi connectivity index (χ2v) is 15.9. The molecule has 0 saturated carbocycles. The van der Waals surface area contributed by atoms with Crippen molar-refractivity contribution in [2.75, 3.05) is 4.90 Å². The van der Waals surface area contributed by atoms with E-state index in [1.54, 1.807) is 6.07 Å². The summed E-state index contributed by atoms with van der Waals surface area (Å²) in [5.41, 5.74) is 5.94. The van der Waals surface area contributed by atoms with Crippen molar-refractivity contribution in [1.29, 1.82) is 0 Å². The van der Waals surface area contributed by atoms with E-state index in [0.717, 1.165) is 55.3 Å². The van der Waals surface area contributed by atoms with Gasteiger partial charge >= 0.3 is 0 Å².